The van der Waals surface area contributed by atoms with Crippen molar-refractivity contribution in [3.63, 3.8) is 0 Å². The van der Waals surface area contributed by atoms with Gasteiger partial charge in [0.1, 0.15) is 0 Å². The van der Waals surface area contributed by atoms with Crippen LogP contribution in [0.5, 0.6) is 0 Å². The topological polar surface area (TPSA) is 63.3 Å². The number of hydrogen-bond acceptors (Lipinski definition) is 2. The minimum Gasteiger partial charge on any atom is -0.388 e. The second-order valence-electron chi connectivity index (χ2n) is 3.36. The molecule has 1 aromatic rings. The number of aliphatic hydroxyl groups is 1. The van der Waals surface area contributed by atoms with Crippen LogP contribution in [-0.2, 0) is 11.2 Å². The van der Waals surface area contributed by atoms with Crippen molar-refractivity contribution >= 4 is 5.91 Å². The van der Waals surface area contributed by atoms with E-state index >= 15 is 0 Å². The molecular formula is C11H15NO2. The van der Waals surface area contributed by atoms with Gasteiger partial charge >= 0.3 is 0 Å². The first-order valence-electron chi connectivity index (χ1n) is 4.63. The molecule has 0 fully saturated rings. The molecule has 3 heteroatoms. The summed E-state index contributed by atoms with van der Waals surface area (Å²) >= 11 is 0. The lowest BCUT2D eigenvalue weighted by Crippen LogP contribution is -2.01. The molecule has 2 rings (SSSR count). The van der Waals surface area contributed by atoms with E-state index in [-0.39, 0.29) is 12.0 Å². The number of primary amides is 1. The third-order valence-electron chi connectivity index (χ3n) is 2.10. The van der Waals surface area contributed by atoms with E-state index in [0.717, 1.165) is 18.4 Å². The van der Waals surface area contributed by atoms with Gasteiger partial charge < -0.3 is 10.8 Å². The van der Waals surface area contributed by atoms with Crippen LogP contribution in [0.2, 0.25) is 0 Å². The Morgan fingerprint density at radius 1 is 1.50 bits per heavy atom. The van der Waals surface area contributed by atoms with Gasteiger partial charge in [-0.25, -0.2) is 0 Å². The third kappa shape index (κ3) is 2.85. The zero-order chi connectivity index (χ0) is 10.6. The fraction of sp³-hybridized carbons (Fsp3) is 0.364. The lowest BCUT2D eigenvalue weighted by molar-refractivity contribution is -0.115. The summed E-state index contributed by atoms with van der Waals surface area (Å²) in [4.78, 5) is 9.22. The van der Waals surface area contributed by atoms with Crippen molar-refractivity contribution in [3.05, 3.63) is 35.4 Å². The number of carbonyl (C=O) groups excluding carboxylic acids is 1. The molecule has 0 aliphatic heterocycles. The monoisotopic (exact) mass is 193 g/mol. The van der Waals surface area contributed by atoms with Gasteiger partial charge in [0.2, 0.25) is 5.91 Å². The quantitative estimate of drug-likeness (QED) is 0.649. The lowest BCUT2D eigenvalue weighted by Gasteiger charge is -2.00. The summed E-state index contributed by atoms with van der Waals surface area (Å²) in [7, 11) is 0. The maximum absolute atomic E-state index is 9.38. The number of rotatable bonds is 0. The Morgan fingerprint density at radius 2 is 2.07 bits per heavy atom. The average molecular weight is 193 g/mol. The summed E-state index contributed by atoms with van der Waals surface area (Å²) in [5.41, 5.74) is 6.91. The van der Waals surface area contributed by atoms with Crippen LogP contribution in [0.3, 0.4) is 0 Å². The maximum atomic E-state index is 9.38. The van der Waals surface area contributed by atoms with E-state index in [1.54, 1.807) is 0 Å². The van der Waals surface area contributed by atoms with Gasteiger partial charge in [-0.15, -0.1) is 0 Å². The summed E-state index contributed by atoms with van der Waals surface area (Å²) < 4.78 is 0. The fourth-order valence-electron chi connectivity index (χ4n) is 1.53. The fourth-order valence-corrected chi connectivity index (χ4v) is 1.53. The predicted molar refractivity (Wildman–Crippen MR) is 54.6 cm³/mol. The number of hydrogen-bond donors (Lipinski definition) is 2. The number of amides is 1. The summed E-state index contributed by atoms with van der Waals surface area (Å²) in [6.07, 6.45) is 1.74. The third-order valence-corrected chi connectivity index (χ3v) is 2.10. The van der Waals surface area contributed by atoms with Crippen LogP contribution in [0.4, 0.5) is 0 Å². The Kier molecular flexibility index (Phi) is 3.65. The van der Waals surface area contributed by atoms with Gasteiger partial charge in [-0.05, 0) is 24.0 Å². The van der Waals surface area contributed by atoms with Gasteiger partial charge in [-0.2, -0.15) is 0 Å². The summed E-state index contributed by atoms with van der Waals surface area (Å²) in [5, 5.41) is 9.38. The molecule has 1 aliphatic rings. The van der Waals surface area contributed by atoms with Crippen molar-refractivity contribution in [3.8, 4) is 0 Å². The molecular weight excluding hydrogens is 178 g/mol. The highest BCUT2D eigenvalue weighted by Crippen LogP contribution is 2.29. The van der Waals surface area contributed by atoms with E-state index in [1.807, 2.05) is 18.2 Å². The molecule has 0 aromatic heterocycles. The van der Waals surface area contributed by atoms with Gasteiger partial charge in [0.05, 0.1) is 6.10 Å². The Balaban J connectivity index is 0.000000213. The molecule has 3 N–H and O–H groups in total. The van der Waals surface area contributed by atoms with Crippen LogP contribution in [0.15, 0.2) is 24.3 Å². The molecule has 1 aromatic carbocycles. The lowest BCUT2D eigenvalue weighted by atomic mass is 10.1. The van der Waals surface area contributed by atoms with E-state index in [0.29, 0.717) is 0 Å². The number of aryl methyl sites for hydroxylation is 1. The number of fused-ring (bicyclic) bond motifs is 1. The molecule has 0 bridgehead atoms. The van der Waals surface area contributed by atoms with Gasteiger partial charge in [-0.1, -0.05) is 24.3 Å². The first kappa shape index (κ1) is 10.7. The molecule has 1 atom stereocenters. The Bertz CT molecular complexity index is 319. The number of benzene rings is 1. The Hall–Kier alpha value is -1.35. The van der Waals surface area contributed by atoms with Gasteiger partial charge in [0, 0.05) is 6.92 Å². The van der Waals surface area contributed by atoms with E-state index in [4.69, 9.17) is 0 Å². The van der Waals surface area contributed by atoms with Crippen molar-refractivity contribution in [2.75, 3.05) is 0 Å². The van der Waals surface area contributed by atoms with Crippen molar-refractivity contribution < 1.29 is 9.90 Å². The number of nitrogens with two attached hydrogens (primary N) is 1. The van der Waals surface area contributed by atoms with E-state index < -0.39 is 0 Å². The normalized spacial score (nSPS) is 18.0. The Morgan fingerprint density at radius 3 is 2.64 bits per heavy atom. The van der Waals surface area contributed by atoms with Crippen LogP contribution >= 0.6 is 0 Å². The predicted octanol–water partition coefficient (Wildman–Crippen LogP) is 1.16. The van der Waals surface area contributed by atoms with Gasteiger partial charge in [0.15, 0.2) is 0 Å². The van der Waals surface area contributed by atoms with Gasteiger partial charge in [-0.3, -0.25) is 4.79 Å². The molecule has 0 saturated carbocycles. The number of carbonyl (C=O) groups is 1. The molecule has 0 unspecified atom stereocenters. The molecule has 0 heterocycles. The van der Waals surface area contributed by atoms with Crippen molar-refractivity contribution in [1.82, 2.24) is 0 Å². The van der Waals surface area contributed by atoms with Crippen LogP contribution in [0, 0.1) is 0 Å². The molecule has 3 nitrogen and oxygen atoms in total. The molecule has 76 valence electrons. The van der Waals surface area contributed by atoms with Crippen LogP contribution in [-0.4, -0.2) is 11.0 Å². The largest absolute Gasteiger partial charge is 0.388 e. The highest BCUT2D eigenvalue weighted by molar-refractivity contribution is 5.70. The highest BCUT2D eigenvalue weighted by Gasteiger charge is 2.18. The standard InChI is InChI=1S/C9H10O.C2H5NO/c10-9-6-5-7-3-1-2-4-8(7)9;1-2(3)4/h1-4,9-10H,5-6H2;1H3,(H2,3,4)/t9-;/m1./s1. The average Bonchev–Trinajstić information content (AvgIpc) is 2.48. The van der Waals surface area contributed by atoms with Crippen molar-refractivity contribution in [2.24, 2.45) is 5.73 Å². The van der Waals surface area contributed by atoms with Crippen LogP contribution < -0.4 is 5.73 Å². The second-order valence-corrected chi connectivity index (χ2v) is 3.36. The summed E-state index contributed by atoms with van der Waals surface area (Å²) in [6, 6.07) is 8.10. The van der Waals surface area contributed by atoms with Gasteiger partial charge in [0.25, 0.3) is 0 Å². The summed E-state index contributed by atoms with van der Waals surface area (Å²) in [5.74, 6) is -0.333. The Labute approximate surface area is 83.6 Å². The minimum atomic E-state index is -0.333. The first-order chi connectivity index (χ1) is 6.61. The van der Waals surface area contributed by atoms with Crippen molar-refractivity contribution in [2.45, 2.75) is 25.9 Å². The second kappa shape index (κ2) is 4.77. The zero-order valence-corrected chi connectivity index (χ0v) is 8.23. The molecule has 1 aliphatic carbocycles. The molecule has 0 spiro atoms. The zero-order valence-electron chi connectivity index (χ0n) is 8.23. The SMILES string of the molecule is CC(N)=O.O[C@@H]1CCc2ccccc21. The highest BCUT2D eigenvalue weighted by atomic mass is 16.3. The van der Waals surface area contributed by atoms with Crippen molar-refractivity contribution in [1.29, 1.82) is 0 Å². The molecule has 14 heavy (non-hydrogen) atoms. The smallest absolute Gasteiger partial charge is 0.214 e. The first-order valence-corrected chi connectivity index (χ1v) is 4.63. The summed E-state index contributed by atoms with van der Waals surface area (Å²) in [6.45, 7) is 1.31. The minimum absolute atomic E-state index is 0.198. The van der Waals surface area contributed by atoms with E-state index in [2.05, 4.69) is 11.8 Å². The van der Waals surface area contributed by atoms with E-state index in [9.17, 15) is 9.90 Å². The molecule has 0 radical (unpaired) electrons. The maximum Gasteiger partial charge on any atom is 0.214 e. The van der Waals surface area contributed by atoms with Crippen LogP contribution in [0.1, 0.15) is 30.6 Å². The molecule has 1 amide bonds. The van der Waals surface area contributed by atoms with E-state index in [1.165, 1.54) is 12.5 Å². The van der Waals surface area contributed by atoms with Crippen LogP contribution in [0.25, 0.3) is 0 Å². The molecule has 0 saturated heterocycles. The number of aliphatic hydroxyl groups excluding tert-OH is 1.